The first kappa shape index (κ1) is 17.2. The fraction of sp³-hybridized carbons (Fsp3) is 0.300. The lowest BCUT2D eigenvalue weighted by molar-refractivity contribution is -0.125. The largest absolute Gasteiger partial charge is 0.347 e. The molecule has 27 heavy (non-hydrogen) atoms. The topological polar surface area (TPSA) is 88.9 Å². The molecule has 1 aliphatic rings. The zero-order valence-electron chi connectivity index (χ0n) is 14.9. The van der Waals surface area contributed by atoms with Crippen LogP contribution in [0.15, 0.2) is 48.7 Å². The van der Waals surface area contributed by atoms with Crippen molar-refractivity contribution in [3.8, 4) is 0 Å². The summed E-state index contributed by atoms with van der Waals surface area (Å²) in [7, 11) is 0. The molecular weight excluding hydrogens is 342 g/mol. The van der Waals surface area contributed by atoms with E-state index in [1.54, 1.807) is 6.20 Å². The van der Waals surface area contributed by atoms with E-state index in [4.69, 9.17) is 0 Å². The van der Waals surface area contributed by atoms with Gasteiger partial charge in [0.15, 0.2) is 0 Å². The Labute approximate surface area is 156 Å². The van der Waals surface area contributed by atoms with E-state index >= 15 is 0 Å². The number of hydrogen-bond acceptors (Lipinski definition) is 4. The van der Waals surface area contributed by atoms with Crippen molar-refractivity contribution in [2.45, 2.75) is 25.8 Å². The fourth-order valence-corrected chi connectivity index (χ4v) is 3.00. The van der Waals surface area contributed by atoms with Crippen molar-refractivity contribution in [3.05, 3.63) is 54.4 Å². The molecule has 1 saturated carbocycles. The van der Waals surface area contributed by atoms with E-state index in [-0.39, 0.29) is 24.3 Å². The van der Waals surface area contributed by atoms with Gasteiger partial charge in [-0.3, -0.25) is 19.9 Å². The molecule has 0 atom stereocenters. The number of pyridine rings is 1. The van der Waals surface area contributed by atoms with Crippen LogP contribution in [0.5, 0.6) is 0 Å². The summed E-state index contributed by atoms with van der Waals surface area (Å²) < 4.78 is 1.98. The minimum atomic E-state index is -0.279. The molecule has 1 aliphatic carbocycles. The summed E-state index contributed by atoms with van der Waals surface area (Å²) in [5.74, 6) is 0.241. The smallest absolute Gasteiger partial charge is 0.246 e. The van der Waals surface area contributed by atoms with Gasteiger partial charge < -0.3 is 9.88 Å². The van der Waals surface area contributed by atoms with E-state index in [0.717, 1.165) is 36.0 Å². The van der Waals surface area contributed by atoms with Crippen LogP contribution in [0.4, 0.5) is 5.95 Å². The molecule has 3 aromatic rings. The molecule has 138 valence electrons. The SMILES string of the molecule is O=C(CNC(=O)C1CC1)Nc1nc2ccccc2n1CCc1ccccn1. The Hall–Kier alpha value is -3.22. The number of hydrogen-bond donors (Lipinski definition) is 2. The second-order valence-corrected chi connectivity index (χ2v) is 6.69. The van der Waals surface area contributed by atoms with Crippen LogP contribution < -0.4 is 10.6 Å². The van der Waals surface area contributed by atoms with Crippen LogP contribution in [-0.2, 0) is 22.6 Å². The van der Waals surface area contributed by atoms with Crippen molar-refractivity contribution in [1.82, 2.24) is 19.9 Å². The Bertz CT molecular complexity index is 963. The third-order valence-electron chi connectivity index (χ3n) is 4.59. The number of imidazole rings is 1. The zero-order valence-corrected chi connectivity index (χ0v) is 14.9. The van der Waals surface area contributed by atoms with Gasteiger partial charge in [-0.2, -0.15) is 0 Å². The highest BCUT2D eigenvalue weighted by Gasteiger charge is 2.29. The number of aromatic nitrogens is 3. The molecule has 2 N–H and O–H groups in total. The van der Waals surface area contributed by atoms with Crippen LogP contribution >= 0.6 is 0 Å². The molecule has 0 bridgehead atoms. The van der Waals surface area contributed by atoms with Crippen molar-refractivity contribution in [2.24, 2.45) is 5.92 Å². The van der Waals surface area contributed by atoms with E-state index in [2.05, 4.69) is 20.6 Å². The van der Waals surface area contributed by atoms with Crippen LogP contribution in [0.3, 0.4) is 0 Å². The predicted molar refractivity (Wildman–Crippen MR) is 102 cm³/mol. The van der Waals surface area contributed by atoms with Crippen molar-refractivity contribution in [3.63, 3.8) is 0 Å². The first-order chi connectivity index (χ1) is 13.2. The lowest BCUT2D eigenvalue weighted by atomic mass is 10.2. The van der Waals surface area contributed by atoms with E-state index < -0.39 is 0 Å². The minimum Gasteiger partial charge on any atom is -0.347 e. The Balaban J connectivity index is 1.48. The maximum Gasteiger partial charge on any atom is 0.246 e. The van der Waals surface area contributed by atoms with Gasteiger partial charge in [-0.15, -0.1) is 0 Å². The molecule has 7 heteroatoms. The number of aryl methyl sites for hydroxylation is 2. The van der Waals surface area contributed by atoms with Crippen LogP contribution in [0, 0.1) is 5.92 Å². The molecule has 2 amide bonds. The van der Waals surface area contributed by atoms with Gasteiger partial charge in [0.1, 0.15) is 0 Å². The number of rotatable bonds is 7. The standard InChI is InChI=1S/C20H21N5O2/c26-18(13-22-19(27)14-8-9-14)24-20-23-16-6-1-2-7-17(16)25(20)12-10-15-5-3-4-11-21-15/h1-7,11,14H,8-10,12-13H2,(H,22,27)(H,23,24,26). The molecule has 1 aromatic carbocycles. The maximum atomic E-state index is 12.3. The number of carbonyl (C=O) groups excluding carboxylic acids is 2. The summed E-state index contributed by atoms with van der Waals surface area (Å²) in [5.41, 5.74) is 2.74. The highest BCUT2D eigenvalue weighted by atomic mass is 16.2. The first-order valence-corrected chi connectivity index (χ1v) is 9.13. The number of anilines is 1. The molecule has 7 nitrogen and oxygen atoms in total. The number of nitrogens with one attached hydrogen (secondary N) is 2. The van der Waals surface area contributed by atoms with E-state index in [0.29, 0.717) is 12.5 Å². The number of benzene rings is 1. The van der Waals surface area contributed by atoms with Crippen LogP contribution in [-0.4, -0.2) is 32.9 Å². The van der Waals surface area contributed by atoms with Crippen molar-refractivity contribution in [2.75, 3.05) is 11.9 Å². The summed E-state index contributed by atoms with van der Waals surface area (Å²) in [6.45, 7) is 0.598. The molecule has 2 heterocycles. The van der Waals surface area contributed by atoms with Crippen molar-refractivity contribution < 1.29 is 9.59 Å². The van der Waals surface area contributed by atoms with Gasteiger partial charge in [0.25, 0.3) is 0 Å². The Kier molecular flexibility index (Phi) is 4.82. The summed E-state index contributed by atoms with van der Waals surface area (Å²) in [5, 5.41) is 5.51. The monoisotopic (exact) mass is 363 g/mol. The van der Waals surface area contributed by atoms with Gasteiger partial charge in [-0.05, 0) is 37.1 Å². The third-order valence-corrected chi connectivity index (χ3v) is 4.59. The van der Waals surface area contributed by atoms with Gasteiger partial charge in [-0.1, -0.05) is 18.2 Å². The third kappa shape index (κ3) is 4.13. The molecule has 0 radical (unpaired) electrons. The Morgan fingerprint density at radius 3 is 2.70 bits per heavy atom. The quantitative estimate of drug-likeness (QED) is 0.673. The summed E-state index contributed by atoms with van der Waals surface area (Å²) >= 11 is 0. The molecule has 0 unspecified atom stereocenters. The van der Waals surface area contributed by atoms with Gasteiger partial charge in [0.2, 0.25) is 17.8 Å². The summed E-state index contributed by atoms with van der Waals surface area (Å²) in [6, 6.07) is 13.6. The van der Waals surface area contributed by atoms with Crippen LogP contribution in [0.25, 0.3) is 11.0 Å². The second kappa shape index (κ2) is 7.57. The molecule has 2 aromatic heterocycles. The molecular formula is C20H21N5O2. The number of amides is 2. The van der Waals surface area contributed by atoms with Gasteiger partial charge in [0.05, 0.1) is 17.6 Å². The Morgan fingerprint density at radius 2 is 1.93 bits per heavy atom. The molecule has 0 aliphatic heterocycles. The molecule has 0 saturated heterocycles. The highest BCUT2D eigenvalue weighted by molar-refractivity contribution is 5.95. The van der Waals surface area contributed by atoms with Gasteiger partial charge >= 0.3 is 0 Å². The fourth-order valence-electron chi connectivity index (χ4n) is 3.00. The minimum absolute atomic E-state index is 0.0429. The number of para-hydroxylation sites is 2. The van der Waals surface area contributed by atoms with E-state index in [9.17, 15) is 9.59 Å². The van der Waals surface area contributed by atoms with E-state index in [1.807, 2.05) is 47.0 Å². The predicted octanol–water partition coefficient (Wildman–Crippen LogP) is 2.14. The average Bonchev–Trinajstić information content (AvgIpc) is 3.48. The second-order valence-electron chi connectivity index (χ2n) is 6.69. The normalized spacial score (nSPS) is 13.5. The highest BCUT2D eigenvalue weighted by Crippen LogP contribution is 2.28. The van der Waals surface area contributed by atoms with Gasteiger partial charge in [-0.25, -0.2) is 4.98 Å². The zero-order chi connectivity index (χ0) is 18.6. The molecule has 1 fully saturated rings. The maximum absolute atomic E-state index is 12.3. The number of fused-ring (bicyclic) bond motifs is 1. The molecule has 4 rings (SSSR count). The number of carbonyl (C=O) groups is 2. The Morgan fingerprint density at radius 1 is 1.11 bits per heavy atom. The summed E-state index contributed by atoms with van der Waals surface area (Å²) in [4.78, 5) is 32.9. The molecule has 0 spiro atoms. The van der Waals surface area contributed by atoms with Crippen molar-refractivity contribution in [1.29, 1.82) is 0 Å². The van der Waals surface area contributed by atoms with Crippen LogP contribution in [0.2, 0.25) is 0 Å². The summed E-state index contributed by atoms with van der Waals surface area (Å²) in [6.07, 6.45) is 4.32. The average molecular weight is 363 g/mol. The first-order valence-electron chi connectivity index (χ1n) is 9.13. The van der Waals surface area contributed by atoms with Crippen LogP contribution in [0.1, 0.15) is 18.5 Å². The van der Waals surface area contributed by atoms with Gasteiger partial charge in [0, 0.05) is 30.8 Å². The lowest BCUT2D eigenvalue weighted by Crippen LogP contribution is -2.34. The van der Waals surface area contributed by atoms with E-state index in [1.165, 1.54) is 0 Å². The van der Waals surface area contributed by atoms with Crippen molar-refractivity contribution >= 4 is 28.8 Å². The number of nitrogens with zero attached hydrogens (tertiary/aromatic N) is 3. The lowest BCUT2D eigenvalue weighted by Gasteiger charge is -2.10.